The zero-order valence-electron chi connectivity index (χ0n) is 23.4. The number of amides is 2. The SMILES string of the molecule is Cc1cccc(-c2cccnc2C(Cc2cc(F)cc(P)c2)NC(=O)Cn2c(=O)cc(C)c3ccccc32)c1.NC=O. The van der Waals surface area contributed by atoms with Gasteiger partial charge in [-0.15, -0.1) is 9.24 Å². The first-order valence-electron chi connectivity index (χ1n) is 13.3. The molecule has 9 heteroatoms. The van der Waals surface area contributed by atoms with Crippen molar-refractivity contribution in [3.63, 3.8) is 0 Å². The Bertz CT molecular complexity index is 1780. The quantitative estimate of drug-likeness (QED) is 0.217. The van der Waals surface area contributed by atoms with Gasteiger partial charge >= 0.3 is 0 Å². The maximum Gasteiger partial charge on any atom is 0.251 e. The highest BCUT2D eigenvalue weighted by Crippen LogP contribution is 2.29. The Morgan fingerprint density at radius 2 is 1.81 bits per heavy atom. The summed E-state index contributed by atoms with van der Waals surface area (Å²) in [5, 5.41) is 4.74. The van der Waals surface area contributed by atoms with Gasteiger partial charge < -0.3 is 11.1 Å². The Balaban J connectivity index is 0.00000129. The van der Waals surface area contributed by atoms with E-state index in [0.717, 1.165) is 33.2 Å². The van der Waals surface area contributed by atoms with Crippen molar-refractivity contribution in [3.05, 3.63) is 130 Å². The summed E-state index contributed by atoms with van der Waals surface area (Å²) in [7, 11) is 2.52. The van der Waals surface area contributed by atoms with Gasteiger partial charge in [-0.3, -0.25) is 23.9 Å². The Morgan fingerprint density at radius 3 is 2.55 bits per heavy atom. The normalized spacial score (nSPS) is 11.3. The first kappa shape index (κ1) is 30.3. The van der Waals surface area contributed by atoms with Crippen LogP contribution in [0.1, 0.15) is 28.4 Å². The molecule has 0 aliphatic heterocycles. The third kappa shape index (κ3) is 7.33. The number of rotatable bonds is 7. The van der Waals surface area contributed by atoms with Crippen LogP contribution in [0.25, 0.3) is 22.0 Å². The Morgan fingerprint density at radius 1 is 1.05 bits per heavy atom. The molecule has 0 bridgehead atoms. The Hall–Kier alpha value is -4.68. The molecule has 3 aromatic carbocycles. The van der Waals surface area contributed by atoms with E-state index in [0.29, 0.717) is 22.9 Å². The number of aryl methyl sites for hydroxylation is 2. The zero-order valence-corrected chi connectivity index (χ0v) is 24.5. The average Bonchev–Trinajstić information content (AvgIpc) is 2.95. The van der Waals surface area contributed by atoms with Gasteiger partial charge in [0.15, 0.2) is 0 Å². The number of aromatic nitrogens is 2. The molecule has 2 atom stereocenters. The summed E-state index contributed by atoms with van der Waals surface area (Å²) in [6, 6.07) is 25.2. The molecule has 0 saturated carbocycles. The van der Waals surface area contributed by atoms with Crippen molar-refractivity contribution in [1.29, 1.82) is 0 Å². The molecular formula is C33H32FN4O3P. The van der Waals surface area contributed by atoms with E-state index in [9.17, 15) is 14.0 Å². The molecular weight excluding hydrogens is 550 g/mol. The van der Waals surface area contributed by atoms with Crippen molar-refractivity contribution < 1.29 is 14.0 Å². The first-order valence-corrected chi connectivity index (χ1v) is 13.9. The van der Waals surface area contributed by atoms with Crippen LogP contribution in [0, 0.1) is 19.7 Å². The Kier molecular flexibility index (Phi) is 9.94. The maximum atomic E-state index is 14.3. The predicted molar refractivity (Wildman–Crippen MR) is 168 cm³/mol. The van der Waals surface area contributed by atoms with Crippen molar-refractivity contribution in [2.45, 2.75) is 32.9 Å². The van der Waals surface area contributed by atoms with E-state index >= 15 is 0 Å². The van der Waals surface area contributed by atoms with Gasteiger partial charge in [-0.25, -0.2) is 4.39 Å². The third-order valence-electron chi connectivity index (χ3n) is 6.78. The molecule has 0 aliphatic carbocycles. The van der Waals surface area contributed by atoms with E-state index in [1.165, 1.54) is 16.7 Å². The van der Waals surface area contributed by atoms with Crippen LogP contribution in [0.5, 0.6) is 0 Å². The number of primary amides is 1. The topological polar surface area (TPSA) is 107 Å². The fraction of sp³-hybridized carbons (Fsp3) is 0.152. The molecule has 0 fully saturated rings. The molecule has 42 heavy (non-hydrogen) atoms. The number of nitrogens with two attached hydrogens (primary N) is 1. The van der Waals surface area contributed by atoms with Crippen molar-refractivity contribution in [2.24, 2.45) is 5.73 Å². The van der Waals surface area contributed by atoms with Crippen LogP contribution in [0.2, 0.25) is 0 Å². The average molecular weight is 583 g/mol. The number of fused-ring (bicyclic) bond motifs is 1. The highest BCUT2D eigenvalue weighted by molar-refractivity contribution is 7.27. The summed E-state index contributed by atoms with van der Waals surface area (Å²) in [5.74, 6) is -0.681. The predicted octanol–water partition coefficient (Wildman–Crippen LogP) is 4.52. The van der Waals surface area contributed by atoms with Gasteiger partial charge in [0, 0.05) is 23.2 Å². The molecule has 2 aromatic heterocycles. The molecule has 0 saturated heterocycles. The summed E-state index contributed by atoms with van der Waals surface area (Å²) in [6.45, 7) is 3.76. The number of pyridine rings is 2. The van der Waals surface area contributed by atoms with E-state index in [2.05, 4.69) is 31.3 Å². The highest BCUT2D eigenvalue weighted by atomic mass is 31.0. The summed E-state index contributed by atoms with van der Waals surface area (Å²) < 4.78 is 15.8. The van der Waals surface area contributed by atoms with Crippen LogP contribution >= 0.6 is 9.24 Å². The molecule has 3 N–H and O–H groups in total. The number of para-hydroxylation sites is 1. The minimum absolute atomic E-state index is 0.152. The first-order chi connectivity index (χ1) is 20.2. The van der Waals surface area contributed by atoms with E-state index in [-0.39, 0.29) is 30.2 Å². The van der Waals surface area contributed by atoms with Crippen LogP contribution in [0.4, 0.5) is 4.39 Å². The van der Waals surface area contributed by atoms with Crippen molar-refractivity contribution >= 4 is 37.8 Å². The van der Waals surface area contributed by atoms with Crippen LogP contribution in [0.3, 0.4) is 0 Å². The largest absolute Gasteiger partial charge is 0.372 e. The monoisotopic (exact) mass is 582 g/mol. The van der Waals surface area contributed by atoms with Gasteiger partial charge in [0.25, 0.3) is 5.56 Å². The third-order valence-corrected chi connectivity index (χ3v) is 7.11. The molecule has 0 radical (unpaired) electrons. The van der Waals surface area contributed by atoms with Gasteiger partial charge in [-0.05, 0) is 66.5 Å². The highest BCUT2D eigenvalue weighted by Gasteiger charge is 2.22. The van der Waals surface area contributed by atoms with Crippen molar-refractivity contribution in [2.75, 3.05) is 0 Å². The second-order valence-corrected chi connectivity index (χ2v) is 10.6. The Labute approximate surface area is 245 Å². The summed E-state index contributed by atoms with van der Waals surface area (Å²) in [4.78, 5) is 39.7. The lowest BCUT2D eigenvalue weighted by Gasteiger charge is -2.22. The molecule has 5 rings (SSSR count). The summed E-state index contributed by atoms with van der Waals surface area (Å²) in [5.41, 5.74) is 9.85. The van der Waals surface area contributed by atoms with E-state index in [4.69, 9.17) is 4.79 Å². The van der Waals surface area contributed by atoms with Crippen LogP contribution in [-0.4, -0.2) is 21.9 Å². The number of benzene rings is 3. The molecule has 5 aromatic rings. The van der Waals surface area contributed by atoms with Gasteiger partial charge in [-0.1, -0.05) is 60.2 Å². The minimum atomic E-state index is -0.562. The molecule has 2 unspecified atom stereocenters. The fourth-order valence-corrected chi connectivity index (χ4v) is 5.42. The number of hydrogen-bond donors (Lipinski definition) is 2. The van der Waals surface area contributed by atoms with Crippen LogP contribution < -0.4 is 21.9 Å². The van der Waals surface area contributed by atoms with Crippen LogP contribution in [0.15, 0.2) is 95.9 Å². The molecule has 2 amide bonds. The maximum absolute atomic E-state index is 14.3. The number of hydrogen-bond acceptors (Lipinski definition) is 4. The van der Waals surface area contributed by atoms with Crippen molar-refractivity contribution in [1.82, 2.24) is 14.9 Å². The second-order valence-electron chi connectivity index (χ2n) is 9.93. The van der Waals surface area contributed by atoms with Gasteiger partial charge in [0.2, 0.25) is 12.3 Å². The fourth-order valence-electron chi connectivity index (χ4n) is 5.05. The molecule has 2 heterocycles. The van der Waals surface area contributed by atoms with Gasteiger partial charge in [-0.2, -0.15) is 0 Å². The molecule has 0 aliphatic rings. The van der Waals surface area contributed by atoms with Gasteiger partial charge in [0.05, 0.1) is 17.3 Å². The second kappa shape index (κ2) is 13.8. The molecule has 7 nitrogen and oxygen atoms in total. The summed E-state index contributed by atoms with van der Waals surface area (Å²) >= 11 is 0. The number of nitrogens with zero attached hydrogens (tertiary/aromatic N) is 2. The zero-order chi connectivity index (χ0) is 30.2. The lowest BCUT2D eigenvalue weighted by molar-refractivity contribution is -0.122. The standard InChI is InChI=1S/C32H29FN3O2P.CH3NO/c1-20-7-5-8-23(13-20)27-10-6-12-34-32(27)28(17-22-15-24(33)18-25(39)16-22)35-30(37)19-36-29-11-4-3-9-26(29)21(2)14-31(36)38;2-1-3/h3-16,18,28H,17,19,39H2,1-2H3,(H,35,37);1H,(H2,2,3). The lowest BCUT2D eigenvalue weighted by Crippen LogP contribution is -2.36. The number of nitrogens with one attached hydrogen (secondary N) is 1. The van der Waals surface area contributed by atoms with E-state index in [1.807, 2.05) is 74.5 Å². The number of carbonyl (C=O) groups is 2. The smallest absolute Gasteiger partial charge is 0.251 e. The summed E-state index contributed by atoms with van der Waals surface area (Å²) in [6.07, 6.45) is 2.27. The van der Waals surface area contributed by atoms with Gasteiger partial charge in [0.1, 0.15) is 12.4 Å². The molecule has 0 spiro atoms. The number of carbonyl (C=O) groups excluding carboxylic acids is 2. The van der Waals surface area contributed by atoms with E-state index < -0.39 is 6.04 Å². The molecule has 214 valence electrons. The number of halogens is 1. The van der Waals surface area contributed by atoms with Crippen LogP contribution in [-0.2, 0) is 22.6 Å². The minimum Gasteiger partial charge on any atom is -0.372 e. The lowest BCUT2D eigenvalue weighted by atomic mass is 9.94. The van der Waals surface area contributed by atoms with Crippen molar-refractivity contribution in [3.8, 4) is 11.1 Å². The van der Waals surface area contributed by atoms with E-state index in [1.54, 1.807) is 12.3 Å².